The Hall–Kier alpha value is -3.90. The van der Waals surface area contributed by atoms with Crippen molar-refractivity contribution >= 4 is 0 Å². The lowest BCUT2D eigenvalue weighted by Crippen LogP contribution is -1.85. The van der Waals surface area contributed by atoms with Gasteiger partial charge in [0.2, 0.25) is 0 Å². The number of benzene rings is 5. The van der Waals surface area contributed by atoms with Crippen LogP contribution in [-0.4, -0.2) is 0 Å². The van der Waals surface area contributed by atoms with Crippen LogP contribution in [0, 0.1) is 20.8 Å². The van der Waals surface area contributed by atoms with E-state index in [0.29, 0.717) is 0 Å². The SMILES string of the molecule is Cc1ccc(-c2cccc(-c3ccc(-c4cccc(-c5cc(C)cc(C)c5)c4)cc3)c2)cc1. The number of hydrogen-bond acceptors (Lipinski definition) is 0. The molecule has 5 rings (SSSR count). The van der Waals surface area contributed by atoms with E-state index in [9.17, 15) is 0 Å². The van der Waals surface area contributed by atoms with Crippen LogP contribution in [0.3, 0.4) is 0 Å². The van der Waals surface area contributed by atoms with E-state index in [-0.39, 0.29) is 0 Å². The van der Waals surface area contributed by atoms with Crippen LogP contribution in [0.1, 0.15) is 16.7 Å². The van der Waals surface area contributed by atoms with Gasteiger partial charge in [-0.05, 0) is 77.4 Å². The first kappa shape index (κ1) is 21.0. The summed E-state index contributed by atoms with van der Waals surface area (Å²) in [5.74, 6) is 0. The molecule has 5 aromatic carbocycles. The maximum atomic E-state index is 2.29. The Morgan fingerprint density at radius 1 is 0.273 bits per heavy atom. The summed E-state index contributed by atoms with van der Waals surface area (Å²) in [5.41, 5.74) is 13.9. The molecule has 0 fully saturated rings. The highest BCUT2D eigenvalue weighted by molar-refractivity contribution is 5.77. The van der Waals surface area contributed by atoms with Crippen molar-refractivity contribution in [1.82, 2.24) is 0 Å². The van der Waals surface area contributed by atoms with E-state index in [4.69, 9.17) is 0 Å². The van der Waals surface area contributed by atoms with Crippen molar-refractivity contribution < 1.29 is 0 Å². The van der Waals surface area contributed by atoms with Crippen LogP contribution in [0.25, 0.3) is 44.5 Å². The Kier molecular flexibility index (Phi) is 5.67. The molecule has 0 unspecified atom stereocenters. The van der Waals surface area contributed by atoms with E-state index in [2.05, 4.69) is 136 Å². The second-order valence-electron chi connectivity index (χ2n) is 8.98. The van der Waals surface area contributed by atoms with Gasteiger partial charge in [-0.3, -0.25) is 0 Å². The molecular weight excluding hydrogens is 396 g/mol. The molecule has 0 aliphatic rings. The molecule has 160 valence electrons. The summed E-state index contributed by atoms with van der Waals surface area (Å²) >= 11 is 0. The van der Waals surface area contributed by atoms with E-state index in [0.717, 1.165) is 0 Å². The highest BCUT2D eigenvalue weighted by atomic mass is 14.1. The topological polar surface area (TPSA) is 0 Å². The lowest BCUT2D eigenvalue weighted by Gasteiger charge is -2.10. The summed E-state index contributed by atoms with van der Waals surface area (Å²) in [6, 6.07) is 42.0. The minimum Gasteiger partial charge on any atom is -0.0610 e. The third-order valence-electron chi connectivity index (χ3n) is 6.22. The molecule has 0 heterocycles. The van der Waals surface area contributed by atoms with Gasteiger partial charge in [-0.15, -0.1) is 0 Å². The van der Waals surface area contributed by atoms with Gasteiger partial charge in [0.15, 0.2) is 0 Å². The predicted molar refractivity (Wildman–Crippen MR) is 142 cm³/mol. The summed E-state index contributed by atoms with van der Waals surface area (Å²) in [4.78, 5) is 0. The molecular formula is C33H28. The van der Waals surface area contributed by atoms with Gasteiger partial charge in [0.1, 0.15) is 0 Å². The van der Waals surface area contributed by atoms with Crippen molar-refractivity contribution in [2.45, 2.75) is 20.8 Å². The molecule has 0 nitrogen and oxygen atoms in total. The van der Waals surface area contributed by atoms with Gasteiger partial charge >= 0.3 is 0 Å². The van der Waals surface area contributed by atoms with Crippen molar-refractivity contribution in [3.8, 4) is 44.5 Å². The van der Waals surface area contributed by atoms with Crippen LogP contribution >= 0.6 is 0 Å². The van der Waals surface area contributed by atoms with Crippen LogP contribution in [0.5, 0.6) is 0 Å². The van der Waals surface area contributed by atoms with Gasteiger partial charge in [-0.2, -0.15) is 0 Å². The lowest BCUT2D eigenvalue weighted by molar-refractivity contribution is 1.38. The summed E-state index contributed by atoms with van der Waals surface area (Å²) in [6.07, 6.45) is 0. The average Bonchev–Trinajstić information content (AvgIpc) is 2.84. The molecule has 0 amide bonds. The van der Waals surface area contributed by atoms with Crippen LogP contribution in [0.15, 0.2) is 115 Å². The molecule has 0 aliphatic heterocycles. The first-order valence-electron chi connectivity index (χ1n) is 11.5. The molecule has 0 heteroatoms. The minimum absolute atomic E-state index is 1.23. The molecule has 0 N–H and O–H groups in total. The van der Waals surface area contributed by atoms with Crippen LogP contribution in [0.2, 0.25) is 0 Å². The largest absolute Gasteiger partial charge is 0.0610 e. The molecule has 0 aliphatic carbocycles. The maximum absolute atomic E-state index is 2.29. The Balaban J connectivity index is 1.44. The summed E-state index contributed by atoms with van der Waals surface area (Å²) in [5, 5.41) is 0. The fourth-order valence-corrected chi connectivity index (χ4v) is 4.50. The van der Waals surface area contributed by atoms with Crippen LogP contribution in [-0.2, 0) is 0 Å². The molecule has 0 saturated carbocycles. The number of rotatable bonds is 4. The van der Waals surface area contributed by atoms with Gasteiger partial charge in [0, 0.05) is 0 Å². The van der Waals surface area contributed by atoms with Gasteiger partial charge in [0.25, 0.3) is 0 Å². The van der Waals surface area contributed by atoms with E-state index in [1.165, 1.54) is 61.2 Å². The Morgan fingerprint density at radius 3 is 1.06 bits per heavy atom. The molecule has 0 radical (unpaired) electrons. The van der Waals surface area contributed by atoms with Gasteiger partial charge < -0.3 is 0 Å². The highest BCUT2D eigenvalue weighted by Crippen LogP contribution is 2.31. The van der Waals surface area contributed by atoms with Crippen LogP contribution in [0.4, 0.5) is 0 Å². The Labute approximate surface area is 197 Å². The zero-order chi connectivity index (χ0) is 22.8. The zero-order valence-electron chi connectivity index (χ0n) is 19.5. The predicted octanol–water partition coefficient (Wildman–Crippen LogP) is 9.28. The number of hydrogen-bond donors (Lipinski definition) is 0. The van der Waals surface area contributed by atoms with Crippen molar-refractivity contribution in [2.75, 3.05) is 0 Å². The first-order valence-corrected chi connectivity index (χ1v) is 11.5. The van der Waals surface area contributed by atoms with Gasteiger partial charge in [-0.25, -0.2) is 0 Å². The summed E-state index contributed by atoms with van der Waals surface area (Å²) in [6.45, 7) is 6.44. The number of aryl methyl sites for hydroxylation is 3. The van der Waals surface area contributed by atoms with E-state index >= 15 is 0 Å². The van der Waals surface area contributed by atoms with Crippen LogP contribution < -0.4 is 0 Å². The minimum atomic E-state index is 1.23. The Bertz CT molecular complexity index is 1380. The van der Waals surface area contributed by atoms with E-state index < -0.39 is 0 Å². The molecule has 0 aromatic heterocycles. The average molecular weight is 425 g/mol. The normalized spacial score (nSPS) is 10.9. The third-order valence-corrected chi connectivity index (χ3v) is 6.22. The lowest BCUT2D eigenvalue weighted by atomic mass is 9.95. The fourth-order valence-electron chi connectivity index (χ4n) is 4.50. The van der Waals surface area contributed by atoms with Gasteiger partial charge in [-0.1, -0.05) is 120 Å². The standard InChI is InChI=1S/C33H28/c1-23-10-12-26(13-11-23)29-6-4-7-30(21-29)27-14-16-28(17-15-27)31-8-5-9-32(22-31)33-19-24(2)18-25(3)20-33/h4-22H,1-3H3. The monoisotopic (exact) mass is 424 g/mol. The molecule has 5 aromatic rings. The third kappa shape index (κ3) is 4.66. The maximum Gasteiger partial charge on any atom is -0.0178 e. The Morgan fingerprint density at radius 2 is 0.636 bits per heavy atom. The highest BCUT2D eigenvalue weighted by Gasteiger charge is 2.06. The van der Waals surface area contributed by atoms with Gasteiger partial charge in [0.05, 0.1) is 0 Å². The van der Waals surface area contributed by atoms with Crippen molar-refractivity contribution in [3.63, 3.8) is 0 Å². The molecule has 0 spiro atoms. The second kappa shape index (κ2) is 8.92. The molecule has 0 atom stereocenters. The fraction of sp³-hybridized carbons (Fsp3) is 0.0909. The smallest absolute Gasteiger partial charge is 0.0178 e. The zero-order valence-corrected chi connectivity index (χ0v) is 19.5. The van der Waals surface area contributed by atoms with Crippen molar-refractivity contribution in [2.24, 2.45) is 0 Å². The van der Waals surface area contributed by atoms with E-state index in [1.807, 2.05) is 0 Å². The van der Waals surface area contributed by atoms with Crippen molar-refractivity contribution in [1.29, 1.82) is 0 Å². The second-order valence-corrected chi connectivity index (χ2v) is 8.98. The summed E-state index contributed by atoms with van der Waals surface area (Å²) < 4.78 is 0. The van der Waals surface area contributed by atoms with E-state index in [1.54, 1.807) is 0 Å². The quantitative estimate of drug-likeness (QED) is 0.270. The van der Waals surface area contributed by atoms with Crippen molar-refractivity contribution in [3.05, 3.63) is 132 Å². The first-order chi connectivity index (χ1) is 16.0. The summed E-state index contributed by atoms with van der Waals surface area (Å²) in [7, 11) is 0. The molecule has 33 heavy (non-hydrogen) atoms. The molecule has 0 bridgehead atoms. The molecule has 0 saturated heterocycles.